The Kier molecular flexibility index (Phi) is 6.46. The van der Waals surface area contributed by atoms with Gasteiger partial charge in [0.1, 0.15) is 11.0 Å². The molecule has 0 aliphatic heterocycles. The van der Waals surface area contributed by atoms with Gasteiger partial charge in [0.2, 0.25) is 0 Å². The van der Waals surface area contributed by atoms with E-state index in [0.717, 1.165) is 21.5 Å². The highest BCUT2D eigenvalue weighted by atomic mass is 32.2. The van der Waals surface area contributed by atoms with Gasteiger partial charge >= 0.3 is 5.97 Å². The molecule has 1 N–H and O–H groups in total. The number of hydrogen-bond donors (Lipinski definition) is 1. The summed E-state index contributed by atoms with van der Waals surface area (Å²) in [6, 6.07) is -0.239. The lowest BCUT2D eigenvalue weighted by atomic mass is 10.2. The van der Waals surface area contributed by atoms with E-state index in [4.69, 9.17) is 4.74 Å². The van der Waals surface area contributed by atoms with Crippen LogP contribution in [0.2, 0.25) is 0 Å². The molecule has 0 radical (unpaired) electrons. The molecular formula is C10H17N3O2S2. The van der Waals surface area contributed by atoms with E-state index in [1.165, 1.54) is 0 Å². The summed E-state index contributed by atoms with van der Waals surface area (Å²) in [6.07, 6.45) is 0.721. The summed E-state index contributed by atoms with van der Waals surface area (Å²) >= 11 is 3.19. The molecule has 0 saturated heterocycles. The van der Waals surface area contributed by atoms with Gasteiger partial charge in [-0.05, 0) is 27.3 Å². The molecule has 0 aliphatic rings. The van der Waals surface area contributed by atoms with Crippen LogP contribution in [0.1, 0.15) is 18.4 Å². The molecule has 96 valence electrons. The average molecular weight is 275 g/mol. The molecule has 0 bridgehead atoms. The highest BCUT2D eigenvalue weighted by molar-refractivity contribution is 8.01. The minimum atomic E-state index is -0.239. The summed E-state index contributed by atoms with van der Waals surface area (Å²) in [5.74, 6) is 0.628. The van der Waals surface area contributed by atoms with Crippen LogP contribution in [0, 0.1) is 6.92 Å². The third kappa shape index (κ3) is 5.01. The first-order valence-corrected chi connectivity index (χ1v) is 7.24. The normalized spacial score (nSPS) is 12.4. The number of aryl methyl sites for hydroxylation is 1. The number of likely N-dealkylation sites (N-methyl/N-ethyl adjacent to an activating group) is 1. The molecule has 0 saturated carbocycles. The number of carbonyl (C=O) groups excluding carboxylic acids is 1. The molecule has 7 heteroatoms. The van der Waals surface area contributed by atoms with Crippen molar-refractivity contribution in [3.63, 3.8) is 0 Å². The molecule has 1 rings (SSSR count). The number of rotatable bonds is 7. The van der Waals surface area contributed by atoms with Crippen molar-refractivity contribution in [3.05, 3.63) is 5.01 Å². The standard InChI is InChI=1S/C10H17N3O2S2/c1-4-15-9(14)8(11-3)5-6-16-10-13-12-7(2)17-10/h8,11H,4-6H2,1-3H3. The monoisotopic (exact) mass is 275 g/mol. The van der Waals surface area contributed by atoms with Gasteiger partial charge in [-0.25, -0.2) is 0 Å². The smallest absolute Gasteiger partial charge is 0.323 e. The van der Waals surface area contributed by atoms with Crippen LogP contribution < -0.4 is 5.32 Å². The van der Waals surface area contributed by atoms with Crippen molar-refractivity contribution >= 4 is 29.1 Å². The molecule has 0 spiro atoms. The second-order valence-corrected chi connectivity index (χ2v) is 5.84. The van der Waals surface area contributed by atoms with E-state index < -0.39 is 0 Å². The Morgan fingerprint density at radius 2 is 2.35 bits per heavy atom. The van der Waals surface area contributed by atoms with Gasteiger partial charge in [-0.1, -0.05) is 23.1 Å². The minimum Gasteiger partial charge on any atom is -0.465 e. The molecule has 1 aromatic heterocycles. The Morgan fingerprint density at radius 1 is 1.59 bits per heavy atom. The summed E-state index contributed by atoms with van der Waals surface area (Å²) in [4.78, 5) is 11.5. The van der Waals surface area contributed by atoms with Gasteiger partial charge in [0, 0.05) is 5.75 Å². The van der Waals surface area contributed by atoms with E-state index in [0.29, 0.717) is 6.61 Å². The van der Waals surface area contributed by atoms with Crippen LogP contribution in [0.25, 0.3) is 0 Å². The van der Waals surface area contributed by atoms with Crippen molar-refractivity contribution in [3.8, 4) is 0 Å². The van der Waals surface area contributed by atoms with E-state index in [1.807, 2.05) is 13.8 Å². The number of thioether (sulfide) groups is 1. The summed E-state index contributed by atoms with van der Waals surface area (Å²) in [6.45, 7) is 4.15. The number of nitrogens with zero attached hydrogens (tertiary/aromatic N) is 2. The molecule has 0 fully saturated rings. The highest BCUT2D eigenvalue weighted by Crippen LogP contribution is 2.22. The fraction of sp³-hybridized carbons (Fsp3) is 0.700. The molecule has 0 aromatic carbocycles. The molecule has 5 nitrogen and oxygen atoms in total. The lowest BCUT2D eigenvalue weighted by Crippen LogP contribution is -2.36. The van der Waals surface area contributed by atoms with Crippen LogP contribution in [-0.4, -0.2) is 41.6 Å². The van der Waals surface area contributed by atoms with Crippen LogP contribution in [0.5, 0.6) is 0 Å². The second kappa shape index (κ2) is 7.62. The Morgan fingerprint density at radius 3 is 2.88 bits per heavy atom. The van der Waals surface area contributed by atoms with Crippen LogP contribution in [0.3, 0.4) is 0 Å². The van der Waals surface area contributed by atoms with E-state index in [1.54, 1.807) is 30.1 Å². The van der Waals surface area contributed by atoms with Crippen LogP contribution >= 0.6 is 23.1 Å². The van der Waals surface area contributed by atoms with Gasteiger partial charge in [0.15, 0.2) is 4.34 Å². The quantitative estimate of drug-likeness (QED) is 0.600. The number of ether oxygens (including phenoxy) is 1. The van der Waals surface area contributed by atoms with Gasteiger partial charge in [0.25, 0.3) is 0 Å². The summed E-state index contributed by atoms with van der Waals surface area (Å²) in [7, 11) is 1.77. The fourth-order valence-electron chi connectivity index (χ4n) is 1.22. The maximum atomic E-state index is 11.5. The van der Waals surface area contributed by atoms with Gasteiger partial charge < -0.3 is 10.1 Å². The first kappa shape index (κ1) is 14.4. The van der Waals surface area contributed by atoms with Crippen molar-refractivity contribution in [2.45, 2.75) is 30.6 Å². The Bertz CT molecular complexity index is 357. The second-order valence-electron chi connectivity index (χ2n) is 3.32. The molecule has 1 atom stereocenters. The lowest BCUT2D eigenvalue weighted by Gasteiger charge is -2.13. The largest absolute Gasteiger partial charge is 0.465 e. The molecule has 0 amide bonds. The summed E-state index contributed by atoms with van der Waals surface area (Å²) < 4.78 is 5.91. The Balaban J connectivity index is 2.30. The van der Waals surface area contributed by atoms with Crippen LogP contribution in [-0.2, 0) is 9.53 Å². The maximum absolute atomic E-state index is 11.5. The number of hydrogen-bond acceptors (Lipinski definition) is 7. The Hall–Kier alpha value is -0.660. The third-order valence-corrected chi connectivity index (χ3v) is 4.06. The lowest BCUT2D eigenvalue weighted by molar-refractivity contribution is -0.145. The Labute approximate surface area is 109 Å². The molecule has 0 aliphatic carbocycles. The SMILES string of the molecule is CCOC(=O)C(CCSc1nnc(C)s1)NC. The topological polar surface area (TPSA) is 64.1 Å². The zero-order chi connectivity index (χ0) is 12.7. The van der Waals surface area contributed by atoms with Crippen molar-refractivity contribution in [2.24, 2.45) is 0 Å². The number of carbonyl (C=O) groups is 1. The highest BCUT2D eigenvalue weighted by Gasteiger charge is 2.17. The average Bonchev–Trinajstić information content (AvgIpc) is 2.71. The van der Waals surface area contributed by atoms with Crippen molar-refractivity contribution in [1.29, 1.82) is 0 Å². The van der Waals surface area contributed by atoms with Crippen molar-refractivity contribution < 1.29 is 9.53 Å². The van der Waals surface area contributed by atoms with Crippen molar-refractivity contribution in [1.82, 2.24) is 15.5 Å². The minimum absolute atomic E-state index is 0.191. The van der Waals surface area contributed by atoms with Gasteiger partial charge in [-0.2, -0.15) is 0 Å². The van der Waals surface area contributed by atoms with E-state index >= 15 is 0 Å². The number of aromatic nitrogens is 2. The predicted octanol–water partition coefficient (Wildman–Crippen LogP) is 1.48. The first-order chi connectivity index (χ1) is 8.17. The maximum Gasteiger partial charge on any atom is 0.323 e. The summed E-state index contributed by atoms with van der Waals surface area (Å²) in [5.41, 5.74) is 0. The van der Waals surface area contributed by atoms with Crippen molar-refractivity contribution in [2.75, 3.05) is 19.4 Å². The molecule has 1 unspecified atom stereocenters. The van der Waals surface area contributed by atoms with Gasteiger partial charge in [0.05, 0.1) is 6.61 Å². The molecule has 1 aromatic rings. The summed E-state index contributed by atoms with van der Waals surface area (Å²) in [5, 5.41) is 11.9. The van der Waals surface area contributed by atoms with Gasteiger partial charge in [-0.3, -0.25) is 4.79 Å². The number of esters is 1. The first-order valence-electron chi connectivity index (χ1n) is 5.44. The molecule has 1 heterocycles. The predicted molar refractivity (Wildman–Crippen MR) is 69.5 cm³/mol. The fourth-order valence-corrected chi connectivity index (χ4v) is 3.11. The van der Waals surface area contributed by atoms with E-state index in [2.05, 4.69) is 15.5 Å². The zero-order valence-electron chi connectivity index (χ0n) is 10.2. The van der Waals surface area contributed by atoms with E-state index in [9.17, 15) is 4.79 Å². The van der Waals surface area contributed by atoms with E-state index in [-0.39, 0.29) is 12.0 Å². The van der Waals surface area contributed by atoms with Crippen LogP contribution in [0.4, 0.5) is 0 Å². The molecule has 17 heavy (non-hydrogen) atoms. The molecular weight excluding hydrogens is 258 g/mol. The van der Waals surface area contributed by atoms with Gasteiger partial charge in [-0.15, -0.1) is 10.2 Å². The van der Waals surface area contributed by atoms with Crippen LogP contribution in [0.15, 0.2) is 4.34 Å². The third-order valence-electron chi connectivity index (χ3n) is 2.06. The number of nitrogens with one attached hydrogen (secondary N) is 1. The zero-order valence-corrected chi connectivity index (χ0v) is 11.9.